The minimum absolute atomic E-state index is 0.0727. The van der Waals surface area contributed by atoms with Crippen LogP contribution in [-0.4, -0.2) is 67.6 Å². The molecule has 6 heteroatoms. The molecule has 162 valence electrons. The van der Waals surface area contributed by atoms with Gasteiger partial charge in [-0.05, 0) is 50.7 Å². The van der Waals surface area contributed by atoms with Gasteiger partial charge in [0.05, 0.1) is 5.92 Å². The zero-order valence-electron chi connectivity index (χ0n) is 18.1. The maximum absolute atomic E-state index is 12.7. The number of likely N-dealkylation sites (N-methyl/N-ethyl adjacent to an activating group) is 2. The lowest BCUT2D eigenvalue weighted by atomic mass is 10.0. The Balaban J connectivity index is 0.00000101. The molecule has 0 bridgehead atoms. The molecule has 2 aromatic rings. The Hall–Kier alpha value is -2.70. The maximum Gasteiger partial charge on any atom is 0.290 e. The lowest BCUT2D eigenvalue weighted by molar-refractivity contribution is -0.126. The molecular formula is C24H33N3O3. The Morgan fingerprint density at radius 2 is 1.67 bits per heavy atom. The fourth-order valence-corrected chi connectivity index (χ4v) is 3.80. The smallest absolute Gasteiger partial charge is 0.290 e. The summed E-state index contributed by atoms with van der Waals surface area (Å²) in [6, 6.07) is 19.3. The van der Waals surface area contributed by atoms with Crippen LogP contribution in [0.3, 0.4) is 0 Å². The van der Waals surface area contributed by atoms with Crippen LogP contribution >= 0.6 is 0 Å². The number of amides is 1. The molecule has 0 radical (unpaired) electrons. The molecule has 0 saturated carbocycles. The number of hydrogen-bond acceptors (Lipinski definition) is 4. The van der Waals surface area contributed by atoms with E-state index in [0.717, 1.165) is 31.5 Å². The van der Waals surface area contributed by atoms with E-state index in [0.29, 0.717) is 12.6 Å². The molecule has 1 aliphatic heterocycles. The highest BCUT2D eigenvalue weighted by Gasteiger charge is 2.27. The third-order valence-electron chi connectivity index (χ3n) is 5.53. The van der Waals surface area contributed by atoms with E-state index < -0.39 is 0 Å². The van der Waals surface area contributed by atoms with Crippen LogP contribution in [0.15, 0.2) is 54.6 Å². The Labute approximate surface area is 179 Å². The minimum Gasteiger partial charge on any atom is -0.483 e. The molecule has 3 rings (SSSR count). The summed E-state index contributed by atoms with van der Waals surface area (Å²) < 4.78 is 0. The summed E-state index contributed by atoms with van der Waals surface area (Å²) in [6.45, 7) is 2.20. The molecular weight excluding hydrogens is 378 g/mol. The zero-order valence-corrected chi connectivity index (χ0v) is 18.1. The monoisotopic (exact) mass is 411 g/mol. The van der Waals surface area contributed by atoms with Crippen LogP contribution < -0.4 is 5.32 Å². The van der Waals surface area contributed by atoms with Gasteiger partial charge in [0.1, 0.15) is 0 Å². The van der Waals surface area contributed by atoms with Crippen LogP contribution in [0.25, 0.3) is 11.1 Å². The molecule has 0 aliphatic carbocycles. The van der Waals surface area contributed by atoms with E-state index in [1.54, 1.807) is 0 Å². The van der Waals surface area contributed by atoms with Gasteiger partial charge >= 0.3 is 0 Å². The average molecular weight is 412 g/mol. The first-order valence-corrected chi connectivity index (χ1v) is 10.3. The molecule has 0 aromatic heterocycles. The van der Waals surface area contributed by atoms with Crippen molar-refractivity contribution in [1.82, 2.24) is 15.1 Å². The van der Waals surface area contributed by atoms with Crippen LogP contribution in [0.2, 0.25) is 0 Å². The van der Waals surface area contributed by atoms with Crippen molar-refractivity contribution in [2.75, 3.05) is 34.2 Å². The summed E-state index contributed by atoms with van der Waals surface area (Å²) in [5.74, 6) is 0.247. The van der Waals surface area contributed by atoms with Gasteiger partial charge in [0.25, 0.3) is 6.47 Å². The van der Waals surface area contributed by atoms with Crippen LogP contribution in [0, 0.1) is 5.92 Å². The van der Waals surface area contributed by atoms with Crippen LogP contribution in [0.4, 0.5) is 0 Å². The molecule has 30 heavy (non-hydrogen) atoms. The van der Waals surface area contributed by atoms with Gasteiger partial charge in [0, 0.05) is 25.7 Å². The van der Waals surface area contributed by atoms with Gasteiger partial charge in [-0.2, -0.15) is 0 Å². The molecule has 0 unspecified atom stereocenters. The van der Waals surface area contributed by atoms with E-state index >= 15 is 0 Å². The molecule has 1 heterocycles. The molecule has 2 N–H and O–H groups in total. The highest BCUT2D eigenvalue weighted by Crippen LogP contribution is 2.20. The highest BCUT2D eigenvalue weighted by atomic mass is 16.3. The van der Waals surface area contributed by atoms with Gasteiger partial charge < -0.3 is 20.2 Å². The van der Waals surface area contributed by atoms with Gasteiger partial charge in [0.2, 0.25) is 5.91 Å². The predicted octanol–water partition coefficient (Wildman–Crippen LogP) is 2.94. The maximum atomic E-state index is 12.7. The third kappa shape index (κ3) is 7.28. The van der Waals surface area contributed by atoms with Crippen LogP contribution in [0.5, 0.6) is 0 Å². The van der Waals surface area contributed by atoms with Gasteiger partial charge in [-0.15, -0.1) is 0 Å². The summed E-state index contributed by atoms with van der Waals surface area (Å²) in [4.78, 5) is 25.6. The Bertz CT molecular complexity index is 778. The fraction of sp³-hybridized carbons (Fsp3) is 0.417. The first-order valence-electron chi connectivity index (χ1n) is 10.3. The zero-order chi connectivity index (χ0) is 21.9. The third-order valence-corrected chi connectivity index (χ3v) is 5.53. The molecule has 6 nitrogen and oxygen atoms in total. The van der Waals surface area contributed by atoms with Crippen molar-refractivity contribution in [3.63, 3.8) is 0 Å². The van der Waals surface area contributed by atoms with Gasteiger partial charge in [0.15, 0.2) is 0 Å². The Morgan fingerprint density at radius 1 is 1.07 bits per heavy atom. The van der Waals surface area contributed by atoms with E-state index in [2.05, 4.69) is 72.7 Å². The number of benzene rings is 2. The summed E-state index contributed by atoms with van der Waals surface area (Å²) in [5, 5.41) is 10.0. The number of carboxylic acid groups (broad SMARTS) is 1. The van der Waals surface area contributed by atoms with Crippen LogP contribution in [0.1, 0.15) is 18.4 Å². The summed E-state index contributed by atoms with van der Waals surface area (Å²) in [6.07, 6.45) is 2.02. The number of nitrogens with one attached hydrogen (secondary N) is 1. The van der Waals surface area contributed by atoms with Crippen molar-refractivity contribution in [2.45, 2.75) is 25.4 Å². The SMILES string of the molecule is CN1C[C@H](C(=O)NCc2ccc(-c3ccccc3)cc2)CC[C@H](N(C)C)C1.O=CO. The number of rotatable bonds is 5. The molecule has 1 aliphatic rings. The second kappa shape index (κ2) is 12.1. The number of carbonyl (C=O) groups excluding carboxylic acids is 1. The topological polar surface area (TPSA) is 72.9 Å². The standard InChI is InChI=1S/C23H31N3O.CH2O2/c1-25(2)22-14-13-21(16-26(3)17-22)23(27)24-15-18-9-11-20(12-10-18)19-7-5-4-6-8-19;2-1-3/h4-12,21-22H,13-17H2,1-3H3,(H,24,27);1H,(H,2,3)/t21-,22+;/m1./s1. The summed E-state index contributed by atoms with van der Waals surface area (Å²) >= 11 is 0. The van der Waals surface area contributed by atoms with Crippen LogP contribution in [-0.2, 0) is 16.1 Å². The first kappa shape index (κ1) is 23.6. The normalized spacial score (nSPS) is 19.3. The Morgan fingerprint density at radius 3 is 2.27 bits per heavy atom. The van der Waals surface area contributed by atoms with E-state index in [4.69, 9.17) is 9.90 Å². The molecule has 2 aromatic carbocycles. The van der Waals surface area contributed by atoms with Gasteiger partial charge in [-0.25, -0.2) is 0 Å². The first-order chi connectivity index (χ1) is 14.4. The second-order valence-corrected chi connectivity index (χ2v) is 8.00. The molecule has 0 spiro atoms. The van der Waals surface area contributed by atoms with Crippen molar-refractivity contribution in [2.24, 2.45) is 5.92 Å². The molecule has 1 saturated heterocycles. The van der Waals surface area contributed by atoms with Crippen molar-refractivity contribution in [1.29, 1.82) is 0 Å². The number of likely N-dealkylation sites (tertiary alicyclic amines) is 1. The molecule has 2 atom stereocenters. The molecule has 1 amide bonds. The lowest BCUT2D eigenvalue weighted by Crippen LogP contribution is -2.39. The fourth-order valence-electron chi connectivity index (χ4n) is 3.80. The largest absolute Gasteiger partial charge is 0.483 e. The van der Waals surface area contributed by atoms with Crippen molar-refractivity contribution < 1.29 is 14.7 Å². The van der Waals surface area contributed by atoms with E-state index in [1.165, 1.54) is 11.1 Å². The van der Waals surface area contributed by atoms with E-state index in [9.17, 15) is 4.79 Å². The predicted molar refractivity (Wildman–Crippen MR) is 120 cm³/mol. The average Bonchev–Trinajstić information content (AvgIpc) is 2.95. The lowest BCUT2D eigenvalue weighted by Gasteiger charge is -2.25. The highest BCUT2D eigenvalue weighted by molar-refractivity contribution is 5.79. The van der Waals surface area contributed by atoms with E-state index in [1.807, 2.05) is 18.2 Å². The van der Waals surface area contributed by atoms with Crippen molar-refractivity contribution in [3.05, 3.63) is 60.2 Å². The number of hydrogen-bond donors (Lipinski definition) is 2. The van der Waals surface area contributed by atoms with E-state index in [-0.39, 0.29) is 18.3 Å². The van der Waals surface area contributed by atoms with Gasteiger partial charge in [-0.3, -0.25) is 9.59 Å². The van der Waals surface area contributed by atoms with Crippen molar-refractivity contribution in [3.8, 4) is 11.1 Å². The quantitative estimate of drug-likeness (QED) is 0.740. The van der Waals surface area contributed by atoms with Crippen molar-refractivity contribution >= 4 is 12.4 Å². The number of carbonyl (C=O) groups is 2. The van der Waals surface area contributed by atoms with Gasteiger partial charge in [-0.1, -0.05) is 54.6 Å². The minimum atomic E-state index is -0.250. The molecule has 1 fully saturated rings. The second-order valence-electron chi connectivity index (χ2n) is 8.00. The Kier molecular flexibility index (Phi) is 9.51. The number of nitrogens with zero attached hydrogens (tertiary/aromatic N) is 2. The summed E-state index contributed by atoms with van der Waals surface area (Å²) in [5.41, 5.74) is 3.55. The summed E-state index contributed by atoms with van der Waals surface area (Å²) in [7, 11) is 6.36.